The van der Waals surface area contributed by atoms with Gasteiger partial charge in [0.25, 0.3) is 0 Å². The van der Waals surface area contributed by atoms with E-state index in [-0.39, 0.29) is 5.97 Å². The van der Waals surface area contributed by atoms with Crippen LogP contribution in [0.2, 0.25) is 0 Å². The lowest BCUT2D eigenvalue weighted by Crippen LogP contribution is -2.34. The molecule has 1 aromatic carbocycles. The molecule has 2 unspecified atom stereocenters. The molecule has 0 radical (unpaired) electrons. The molecular weight excluding hydrogens is 252 g/mol. The zero-order valence-corrected chi connectivity index (χ0v) is 12.6. The second-order valence-corrected chi connectivity index (χ2v) is 5.39. The first kappa shape index (κ1) is 14.7. The number of hydrogen-bond donors (Lipinski definition) is 1. The molecule has 1 saturated heterocycles. The van der Waals surface area contributed by atoms with Gasteiger partial charge in [-0.05, 0) is 51.3 Å². The highest BCUT2D eigenvalue weighted by molar-refractivity contribution is 5.92. The van der Waals surface area contributed by atoms with Gasteiger partial charge in [-0.2, -0.15) is 0 Å². The Kier molecular flexibility index (Phi) is 4.53. The van der Waals surface area contributed by atoms with Crippen LogP contribution in [0.5, 0.6) is 0 Å². The van der Waals surface area contributed by atoms with Crippen molar-refractivity contribution in [3.8, 4) is 0 Å². The molecule has 2 rings (SSSR count). The Bertz CT molecular complexity index is 487. The van der Waals surface area contributed by atoms with Gasteiger partial charge >= 0.3 is 5.97 Å². The van der Waals surface area contributed by atoms with E-state index >= 15 is 0 Å². The molecule has 0 amide bonds. The summed E-state index contributed by atoms with van der Waals surface area (Å²) in [4.78, 5) is 14.1. The van der Waals surface area contributed by atoms with E-state index in [4.69, 9.17) is 10.5 Å². The van der Waals surface area contributed by atoms with Crippen LogP contribution in [0.1, 0.15) is 50.4 Å². The van der Waals surface area contributed by atoms with Gasteiger partial charge in [0.05, 0.1) is 23.5 Å². The highest BCUT2D eigenvalue weighted by Gasteiger charge is 2.30. The maximum atomic E-state index is 11.7. The molecule has 1 aromatic rings. The minimum absolute atomic E-state index is 0.313. The number of nitrogens with two attached hydrogens (primary N) is 1. The van der Waals surface area contributed by atoms with Gasteiger partial charge in [-0.25, -0.2) is 4.79 Å². The van der Waals surface area contributed by atoms with Crippen molar-refractivity contribution in [1.82, 2.24) is 0 Å². The summed E-state index contributed by atoms with van der Waals surface area (Å²) in [6.07, 6.45) is 3.51. The molecule has 20 heavy (non-hydrogen) atoms. The van der Waals surface area contributed by atoms with E-state index < -0.39 is 0 Å². The molecule has 4 nitrogen and oxygen atoms in total. The van der Waals surface area contributed by atoms with Gasteiger partial charge in [-0.3, -0.25) is 0 Å². The van der Waals surface area contributed by atoms with Crippen molar-refractivity contribution >= 4 is 17.3 Å². The van der Waals surface area contributed by atoms with Crippen molar-refractivity contribution in [3.05, 3.63) is 23.8 Å². The van der Waals surface area contributed by atoms with Crippen LogP contribution in [0.3, 0.4) is 0 Å². The first-order valence-corrected chi connectivity index (χ1v) is 7.43. The summed E-state index contributed by atoms with van der Waals surface area (Å²) in [5.74, 6) is -0.313. The molecule has 1 aliphatic rings. The third-order valence-corrected chi connectivity index (χ3v) is 4.07. The second-order valence-electron chi connectivity index (χ2n) is 5.39. The number of esters is 1. The van der Waals surface area contributed by atoms with Crippen LogP contribution < -0.4 is 10.6 Å². The third-order valence-electron chi connectivity index (χ3n) is 4.07. The highest BCUT2D eigenvalue weighted by Crippen LogP contribution is 2.35. The second kappa shape index (κ2) is 6.16. The third kappa shape index (κ3) is 2.74. The molecule has 0 aromatic heterocycles. The fourth-order valence-corrected chi connectivity index (χ4v) is 3.04. The summed E-state index contributed by atoms with van der Waals surface area (Å²) in [5.41, 5.74) is 8.38. The van der Waals surface area contributed by atoms with E-state index in [1.807, 2.05) is 6.07 Å². The van der Waals surface area contributed by atoms with E-state index in [9.17, 15) is 4.79 Å². The van der Waals surface area contributed by atoms with Gasteiger partial charge in [-0.1, -0.05) is 6.92 Å². The molecule has 1 heterocycles. The van der Waals surface area contributed by atoms with Crippen LogP contribution in [0.25, 0.3) is 0 Å². The molecule has 110 valence electrons. The van der Waals surface area contributed by atoms with Crippen molar-refractivity contribution in [2.24, 2.45) is 0 Å². The lowest BCUT2D eigenvalue weighted by Gasteiger charge is -2.31. The molecular formula is C16H24N2O2. The minimum Gasteiger partial charge on any atom is -0.462 e. The number of carbonyl (C=O) groups excluding carboxylic acids is 1. The average Bonchev–Trinajstić information content (AvgIpc) is 2.80. The predicted molar refractivity (Wildman–Crippen MR) is 82.1 cm³/mol. The van der Waals surface area contributed by atoms with Crippen LogP contribution >= 0.6 is 0 Å². The summed E-state index contributed by atoms with van der Waals surface area (Å²) in [7, 11) is 0. The number of nitrogens with zero attached hydrogens (tertiary/aromatic N) is 1. The smallest absolute Gasteiger partial charge is 0.338 e. The van der Waals surface area contributed by atoms with E-state index in [0.29, 0.717) is 29.9 Å². The Morgan fingerprint density at radius 3 is 2.75 bits per heavy atom. The van der Waals surface area contributed by atoms with E-state index in [2.05, 4.69) is 18.7 Å². The first-order valence-electron chi connectivity index (χ1n) is 7.43. The Morgan fingerprint density at radius 2 is 2.15 bits per heavy atom. The fraction of sp³-hybridized carbons (Fsp3) is 0.562. The minimum atomic E-state index is -0.313. The lowest BCUT2D eigenvalue weighted by molar-refractivity contribution is 0.0526. The normalized spacial score (nSPS) is 22.1. The maximum absolute atomic E-state index is 11.7. The quantitative estimate of drug-likeness (QED) is 0.677. The molecule has 2 N–H and O–H groups in total. The number of carbonyl (C=O) groups is 1. The Balaban J connectivity index is 2.27. The van der Waals surface area contributed by atoms with Gasteiger partial charge in [-0.15, -0.1) is 0 Å². The maximum Gasteiger partial charge on any atom is 0.338 e. The fourth-order valence-electron chi connectivity index (χ4n) is 3.04. The van der Waals surface area contributed by atoms with Crippen molar-refractivity contribution in [3.63, 3.8) is 0 Å². The average molecular weight is 276 g/mol. The zero-order chi connectivity index (χ0) is 14.7. The van der Waals surface area contributed by atoms with Gasteiger partial charge in [0.2, 0.25) is 0 Å². The monoisotopic (exact) mass is 276 g/mol. The standard InChI is InChI=1S/C16H24N2O2/c1-4-13-8-6-11(3)18(13)15-9-7-12(10-14(15)17)16(19)20-5-2/h7,9-11,13H,4-6,8,17H2,1-3H3. The molecule has 1 aliphatic heterocycles. The molecule has 2 atom stereocenters. The van der Waals surface area contributed by atoms with E-state index in [1.54, 1.807) is 19.1 Å². The SMILES string of the molecule is CCOC(=O)c1ccc(N2C(C)CCC2CC)c(N)c1. The number of nitrogen functional groups attached to an aromatic ring is 1. The number of anilines is 2. The summed E-state index contributed by atoms with van der Waals surface area (Å²) in [6.45, 7) is 6.61. The molecule has 0 bridgehead atoms. The topological polar surface area (TPSA) is 55.6 Å². The van der Waals surface area contributed by atoms with E-state index in [0.717, 1.165) is 12.1 Å². The number of rotatable bonds is 4. The van der Waals surface area contributed by atoms with Crippen LogP contribution in [-0.4, -0.2) is 24.7 Å². The number of hydrogen-bond acceptors (Lipinski definition) is 4. The predicted octanol–water partition coefficient (Wildman–Crippen LogP) is 3.21. The Hall–Kier alpha value is -1.71. The number of ether oxygens (including phenoxy) is 1. The Labute approximate surface area is 120 Å². The number of benzene rings is 1. The van der Waals surface area contributed by atoms with Gasteiger partial charge < -0.3 is 15.4 Å². The zero-order valence-electron chi connectivity index (χ0n) is 12.6. The van der Waals surface area contributed by atoms with Crippen LogP contribution in [0.4, 0.5) is 11.4 Å². The highest BCUT2D eigenvalue weighted by atomic mass is 16.5. The Morgan fingerprint density at radius 1 is 1.40 bits per heavy atom. The van der Waals surface area contributed by atoms with Gasteiger partial charge in [0.1, 0.15) is 0 Å². The molecule has 1 fully saturated rings. The molecule has 0 aliphatic carbocycles. The molecule has 4 heteroatoms. The molecule has 0 saturated carbocycles. The van der Waals surface area contributed by atoms with Crippen LogP contribution in [0.15, 0.2) is 18.2 Å². The summed E-state index contributed by atoms with van der Waals surface area (Å²) in [5, 5.41) is 0. The summed E-state index contributed by atoms with van der Waals surface area (Å²) < 4.78 is 5.00. The molecule has 0 spiro atoms. The van der Waals surface area contributed by atoms with Crippen LogP contribution in [0, 0.1) is 0 Å². The van der Waals surface area contributed by atoms with E-state index in [1.165, 1.54) is 12.8 Å². The van der Waals surface area contributed by atoms with Crippen molar-refractivity contribution in [1.29, 1.82) is 0 Å². The summed E-state index contributed by atoms with van der Waals surface area (Å²) in [6, 6.07) is 6.52. The van der Waals surface area contributed by atoms with Gasteiger partial charge in [0.15, 0.2) is 0 Å². The first-order chi connectivity index (χ1) is 9.58. The van der Waals surface area contributed by atoms with Crippen molar-refractivity contribution in [2.45, 2.75) is 52.1 Å². The largest absolute Gasteiger partial charge is 0.462 e. The van der Waals surface area contributed by atoms with Crippen molar-refractivity contribution < 1.29 is 9.53 Å². The van der Waals surface area contributed by atoms with Crippen molar-refractivity contribution in [2.75, 3.05) is 17.2 Å². The lowest BCUT2D eigenvalue weighted by atomic mass is 10.1. The van der Waals surface area contributed by atoms with Gasteiger partial charge in [0, 0.05) is 12.1 Å². The van der Waals surface area contributed by atoms with Crippen LogP contribution in [-0.2, 0) is 4.74 Å². The summed E-state index contributed by atoms with van der Waals surface area (Å²) >= 11 is 0.